The number of pyridine rings is 1. The predicted molar refractivity (Wildman–Crippen MR) is 132 cm³/mol. The van der Waals surface area contributed by atoms with Gasteiger partial charge in [-0.05, 0) is 74.2 Å². The molecule has 1 aliphatic rings. The number of carbonyl (C=O) groups is 1. The lowest BCUT2D eigenvalue weighted by Crippen LogP contribution is -2.45. The number of hydrogen-bond acceptors (Lipinski definition) is 5. The molecule has 3 aromatic rings. The van der Waals surface area contributed by atoms with E-state index >= 15 is 0 Å². The molecule has 2 aromatic carbocycles. The molecule has 1 amide bonds. The van der Waals surface area contributed by atoms with Gasteiger partial charge in [0.05, 0.1) is 5.56 Å². The van der Waals surface area contributed by atoms with Gasteiger partial charge in [-0.25, -0.2) is 4.98 Å². The maximum absolute atomic E-state index is 13.1. The van der Waals surface area contributed by atoms with Gasteiger partial charge in [-0.3, -0.25) is 4.79 Å². The number of nitrogens with two attached hydrogens (primary N) is 1. The van der Waals surface area contributed by atoms with Crippen LogP contribution in [-0.2, 0) is 0 Å². The molecule has 6 nitrogen and oxygen atoms in total. The Hall–Kier alpha value is -2.61. The SMILES string of the molecule is CB(O)N1CCC(CNC(=O)c2c(N)ncc3cc(-c4c(C)cccc4Cl)ccc23)CC1. The fraction of sp³-hybridized carbons (Fsp3) is 0.333. The minimum Gasteiger partial charge on any atom is -0.437 e. The van der Waals surface area contributed by atoms with Crippen LogP contribution >= 0.6 is 11.6 Å². The standard InChI is InChI=1S/C24H28BClN4O2/c1-15-4-3-5-20(26)21(15)17-6-7-19-18(12-17)14-28-23(27)22(19)24(31)29-13-16-8-10-30(11-9-16)25(2)32/h3-7,12,14,16,32H,8-11,13H2,1-2H3,(H2,27,28)(H,29,31). The van der Waals surface area contributed by atoms with Gasteiger partial charge in [0, 0.05) is 28.7 Å². The third-order valence-electron chi connectivity index (χ3n) is 6.39. The molecule has 0 saturated carbocycles. The highest BCUT2D eigenvalue weighted by atomic mass is 35.5. The lowest BCUT2D eigenvalue weighted by molar-refractivity contribution is 0.0943. The highest BCUT2D eigenvalue weighted by Crippen LogP contribution is 2.34. The molecular weight excluding hydrogens is 423 g/mol. The number of nitrogens with one attached hydrogen (secondary N) is 1. The van der Waals surface area contributed by atoms with Gasteiger partial charge in [0.25, 0.3) is 5.91 Å². The van der Waals surface area contributed by atoms with E-state index in [0.717, 1.165) is 53.4 Å². The normalized spacial score (nSPS) is 15.1. The summed E-state index contributed by atoms with van der Waals surface area (Å²) in [5.74, 6) is 0.397. The fourth-order valence-corrected chi connectivity index (χ4v) is 4.82. The first-order chi connectivity index (χ1) is 15.3. The number of piperidine rings is 1. The van der Waals surface area contributed by atoms with E-state index in [9.17, 15) is 9.82 Å². The van der Waals surface area contributed by atoms with Crippen LogP contribution in [0.4, 0.5) is 5.82 Å². The van der Waals surface area contributed by atoms with Crippen molar-refractivity contribution in [2.24, 2.45) is 5.92 Å². The monoisotopic (exact) mass is 450 g/mol. The number of hydrogen-bond donors (Lipinski definition) is 3. The second-order valence-corrected chi connectivity index (χ2v) is 8.98. The number of amides is 1. The van der Waals surface area contributed by atoms with Crippen LogP contribution in [0.2, 0.25) is 11.8 Å². The molecule has 32 heavy (non-hydrogen) atoms. The maximum Gasteiger partial charge on any atom is 0.376 e. The van der Waals surface area contributed by atoms with Crippen molar-refractivity contribution >= 4 is 41.1 Å². The van der Waals surface area contributed by atoms with Gasteiger partial charge in [0.1, 0.15) is 5.82 Å². The van der Waals surface area contributed by atoms with Gasteiger partial charge in [-0.15, -0.1) is 0 Å². The summed E-state index contributed by atoms with van der Waals surface area (Å²) < 4.78 is 0. The highest BCUT2D eigenvalue weighted by Gasteiger charge is 2.25. The highest BCUT2D eigenvalue weighted by molar-refractivity contribution is 6.45. The third kappa shape index (κ3) is 4.60. The number of fused-ring (bicyclic) bond motifs is 1. The lowest BCUT2D eigenvalue weighted by atomic mass is 9.81. The molecule has 166 valence electrons. The van der Waals surface area contributed by atoms with Gasteiger partial charge in [0.15, 0.2) is 0 Å². The molecule has 4 rings (SSSR count). The zero-order chi connectivity index (χ0) is 22.8. The first-order valence-electron chi connectivity index (χ1n) is 11.0. The van der Waals surface area contributed by atoms with Crippen LogP contribution in [0.5, 0.6) is 0 Å². The van der Waals surface area contributed by atoms with Gasteiger partial charge < -0.3 is 20.9 Å². The topological polar surface area (TPSA) is 91.5 Å². The molecule has 1 aliphatic heterocycles. The van der Waals surface area contributed by atoms with E-state index in [4.69, 9.17) is 17.3 Å². The molecule has 0 atom stereocenters. The molecule has 1 aromatic heterocycles. The van der Waals surface area contributed by atoms with Crippen molar-refractivity contribution in [1.82, 2.24) is 15.1 Å². The number of rotatable bonds is 5. The third-order valence-corrected chi connectivity index (χ3v) is 6.70. The Morgan fingerprint density at radius 2 is 2.06 bits per heavy atom. The van der Waals surface area contributed by atoms with Crippen molar-refractivity contribution in [3.05, 3.63) is 58.7 Å². The van der Waals surface area contributed by atoms with Gasteiger partial charge in [-0.2, -0.15) is 0 Å². The van der Waals surface area contributed by atoms with Crippen molar-refractivity contribution in [2.75, 3.05) is 25.4 Å². The van der Waals surface area contributed by atoms with Crippen LogP contribution in [0.15, 0.2) is 42.6 Å². The summed E-state index contributed by atoms with van der Waals surface area (Å²) in [6.07, 6.45) is 3.58. The van der Waals surface area contributed by atoms with Crippen LogP contribution in [0, 0.1) is 12.8 Å². The molecule has 0 aliphatic carbocycles. The molecule has 0 bridgehead atoms. The van der Waals surface area contributed by atoms with Crippen molar-refractivity contribution in [1.29, 1.82) is 0 Å². The number of nitrogens with zero attached hydrogens (tertiary/aromatic N) is 2. The number of halogens is 1. The Bertz CT molecular complexity index is 1130. The van der Waals surface area contributed by atoms with E-state index in [1.807, 2.05) is 48.1 Å². The number of anilines is 1. The largest absolute Gasteiger partial charge is 0.437 e. The van der Waals surface area contributed by atoms with Gasteiger partial charge >= 0.3 is 7.05 Å². The molecule has 0 radical (unpaired) electrons. The lowest BCUT2D eigenvalue weighted by Gasteiger charge is -2.32. The Labute approximate surface area is 193 Å². The number of carbonyl (C=O) groups excluding carboxylic acids is 1. The Balaban J connectivity index is 1.55. The minimum atomic E-state index is -0.424. The first-order valence-corrected chi connectivity index (χ1v) is 11.4. The van der Waals surface area contributed by atoms with Crippen LogP contribution in [0.25, 0.3) is 21.9 Å². The molecule has 1 fully saturated rings. The second kappa shape index (κ2) is 9.49. The van der Waals surface area contributed by atoms with Gasteiger partial charge in [-0.1, -0.05) is 35.9 Å². The van der Waals surface area contributed by atoms with Crippen LogP contribution in [0.1, 0.15) is 28.8 Å². The number of nitrogen functional groups attached to an aromatic ring is 1. The minimum absolute atomic E-state index is 0.208. The first kappa shape index (κ1) is 22.6. The van der Waals surface area contributed by atoms with E-state index in [2.05, 4.69) is 10.3 Å². The smallest absolute Gasteiger partial charge is 0.376 e. The fourth-order valence-electron chi connectivity index (χ4n) is 4.49. The molecule has 0 unspecified atom stereocenters. The number of benzene rings is 2. The van der Waals surface area contributed by atoms with E-state index in [-0.39, 0.29) is 11.7 Å². The van der Waals surface area contributed by atoms with Crippen molar-refractivity contribution in [2.45, 2.75) is 26.6 Å². The summed E-state index contributed by atoms with van der Waals surface area (Å²) in [7, 11) is -0.424. The Kier molecular flexibility index (Phi) is 6.70. The zero-order valence-corrected chi connectivity index (χ0v) is 19.2. The van der Waals surface area contributed by atoms with Crippen LogP contribution in [0.3, 0.4) is 0 Å². The molecule has 1 saturated heterocycles. The Morgan fingerprint density at radius 1 is 1.31 bits per heavy atom. The van der Waals surface area contributed by atoms with Crippen molar-refractivity contribution < 1.29 is 9.82 Å². The zero-order valence-electron chi connectivity index (χ0n) is 18.4. The summed E-state index contributed by atoms with van der Waals surface area (Å²) in [5, 5.41) is 15.1. The van der Waals surface area contributed by atoms with Crippen molar-refractivity contribution in [3.63, 3.8) is 0 Å². The summed E-state index contributed by atoms with van der Waals surface area (Å²) in [5.41, 5.74) is 9.56. The molecule has 0 spiro atoms. The van der Waals surface area contributed by atoms with E-state index in [1.54, 1.807) is 13.0 Å². The molecule has 8 heteroatoms. The molecular formula is C24H28BClN4O2. The quantitative estimate of drug-likeness (QED) is 0.511. The summed E-state index contributed by atoms with van der Waals surface area (Å²) >= 11 is 6.45. The van der Waals surface area contributed by atoms with Crippen LogP contribution < -0.4 is 11.1 Å². The maximum atomic E-state index is 13.1. The van der Waals surface area contributed by atoms with Crippen molar-refractivity contribution in [3.8, 4) is 11.1 Å². The number of aromatic nitrogens is 1. The number of aryl methyl sites for hydroxylation is 1. The summed E-state index contributed by atoms with van der Waals surface area (Å²) in [4.78, 5) is 19.4. The predicted octanol–water partition coefficient (Wildman–Crippen LogP) is 4.00. The van der Waals surface area contributed by atoms with E-state index in [1.165, 1.54) is 0 Å². The second-order valence-electron chi connectivity index (χ2n) is 8.57. The Morgan fingerprint density at radius 3 is 2.75 bits per heavy atom. The average molecular weight is 451 g/mol. The molecule has 2 heterocycles. The van der Waals surface area contributed by atoms with Gasteiger partial charge in [0.2, 0.25) is 0 Å². The van der Waals surface area contributed by atoms with Crippen LogP contribution in [-0.4, -0.2) is 47.4 Å². The summed E-state index contributed by atoms with van der Waals surface area (Å²) in [6.45, 7) is 6.06. The molecule has 4 N–H and O–H groups in total. The average Bonchev–Trinajstić information content (AvgIpc) is 2.77. The van der Waals surface area contributed by atoms with E-state index in [0.29, 0.717) is 23.0 Å². The van der Waals surface area contributed by atoms with E-state index < -0.39 is 7.05 Å². The summed E-state index contributed by atoms with van der Waals surface area (Å²) in [6, 6.07) is 11.7.